The van der Waals surface area contributed by atoms with Gasteiger partial charge in [0.15, 0.2) is 5.82 Å². The first-order valence-electron chi connectivity index (χ1n) is 10.1. The Bertz CT molecular complexity index is 1010. The normalized spacial score (nSPS) is 15.9. The Morgan fingerprint density at radius 3 is 2.52 bits per heavy atom. The van der Waals surface area contributed by atoms with Gasteiger partial charge in [0.05, 0.1) is 5.69 Å². The highest BCUT2D eigenvalue weighted by atomic mass is 19.4. The summed E-state index contributed by atoms with van der Waals surface area (Å²) < 4.78 is 34.5. The molecule has 1 unspecified atom stereocenters. The zero-order valence-electron chi connectivity index (χ0n) is 18.6. The standard InChI is InChI=1S/C11H15N3.C7H8N2O2.C3H4F3NO/c1-8-3-4-10-11(12-8)13(2)9-5-6-14(10)7-9;1-9-4-2-3-6(7(9)11)8-5-10;4-3(5,6)1-7-2-8/h3-4,9H,5-7H2,1-2H3;2-5H,1H3,(H,8,10);2H,1H2,(H,7,8). The van der Waals surface area contributed by atoms with Crippen molar-refractivity contribution in [1.29, 1.82) is 0 Å². The monoisotopic (exact) mass is 468 g/mol. The molecule has 9 nitrogen and oxygen atoms in total. The molecule has 2 amide bonds. The van der Waals surface area contributed by atoms with Gasteiger partial charge in [-0.2, -0.15) is 13.2 Å². The lowest BCUT2D eigenvalue weighted by Gasteiger charge is -2.34. The Balaban J connectivity index is 0.000000184. The molecule has 2 aromatic rings. The maximum absolute atomic E-state index is 11.1. The van der Waals surface area contributed by atoms with E-state index in [0.29, 0.717) is 18.1 Å². The molecule has 0 aliphatic carbocycles. The molecule has 33 heavy (non-hydrogen) atoms. The number of nitrogens with zero attached hydrogens (tertiary/aromatic N) is 4. The second kappa shape index (κ2) is 11.3. The Morgan fingerprint density at radius 1 is 1.18 bits per heavy atom. The molecule has 0 saturated carbocycles. The number of aryl methyl sites for hydroxylation is 2. The maximum Gasteiger partial charge on any atom is 0.405 e. The molecule has 2 bridgehead atoms. The first kappa shape index (κ1) is 25.7. The SMILES string of the molecule is Cc1ccc2c(n1)N(C)C1CCN2C1.Cn1cccc(NC=O)c1=O.O=CNCC(F)(F)F. The lowest BCUT2D eigenvalue weighted by Crippen LogP contribution is -2.40. The Kier molecular flexibility index (Phi) is 8.83. The summed E-state index contributed by atoms with van der Waals surface area (Å²) in [6.45, 7) is 3.16. The van der Waals surface area contributed by atoms with Gasteiger partial charge in [-0.3, -0.25) is 14.4 Å². The van der Waals surface area contributed by atoms with Crippen molar-refractivity contribution in [2.45, 2.75) is 25.6 Å². The number of fused-ring (bicyclic) bond motifs is 4. The fourth-order valence-electron chi connectivity index (χ4n) is 3.42. The van der Waals surface area contributed by atoms with Crippen LogP contribution in [-0.4, -0.2) is 61.3 Å². The van der Waals surface area contributed by atoms with E-state index in [0.717, 1.165) is 5.69 Å². The number of rotatable bonds is 4. The summed E-state index contributed by atoms with van der Waals surface area (Å²) in [5.41, 5.74) is 2.51. The van der Waals surface area contributed by atoms with Gasteiger partial charge in [-0.25, -0.2) is 4.98 Å². The summed E-state index contributed by atoms with van der Waals surface area (Å²) in [7, 11) is 3.79. The number of halogens is 3. The summed E-state index contributed by atoms with van der Waals surface area (Å²) in [6, 6.07) is 8.22. The van der Waals surface area contributed by atoms with Crippen LogP contribution >= 0.6 is 0 Å². The smallest absolute Gasteiger partial charge is 0.366 e. The number of hydrogen-bond donors (Lipinski definition) is 2. The number of nitrogens with one attached hydrogen (secondary N) is 2. The first-order chi connectivity index (χ1) is 15.6. The molecule has 2 aliphatic rings. The van der Waals surface area contributed by atoms with E-state index < -0.39 is 12.7 Å². The second-order valence-electron chi connectivity index (χ2n) is 7.51. The first-order valence-corrected chi connectivity index (χ1v) is 10.1. The van der Waals surface area contributed by atoms with E-state index in [4.69, 9.17) is 0 Å². The highest BCUT2D eigenvalue weighted by molar-refractivity contribution is 5.71. The van der Waals surface area contributed by atoms with Crippen molar-refractivity contribution in [3.63, 3.8) is 0 Å². The predicted octanol–water partition coefficient (Wildman–Crippen LogP) is 1.67. The van der Waals surface area contributed by atoms with Gasteiger partial charge >= 0.3 is 6.18 Å². The van der Waals surface area contributed by atoms with Crippen LogP contribution in [-0.2, 0) is 16.6 Å². The van der Waals surface area contributed by atoms with Gasteiger partial charge in [0, 0.05) is 45.1 Å². The minimum atomic E-state index is -4.29. The Labute approximate surface area is 189 Å². The molecule has 4 heterocycles. The number of likely N-dealkylation sites (N-methyl/N-ethyl adjacent to an activating group) is 1. The topological polar surface area (TPSA) is 99.6 Å². The van der Waals surface area contributed by atoms with Crippen LogP contribution in [0.3, 0.4) is 0 Å². The average molecular weight is 468 g/mol. The molecule has 1 atom stereocenters. The molecular formula is C21H27F3N6O3. The van der Waals surface area contributed by atoms with E-state index in [1.165, 1.54) is 40.9 Å². The average Bonchev–Trinajstić information content (AvgIpc) is 3.21. The largest absolute Gasteiger partial charge is 0.405 e. The van der Waals surface area contributed by atoms with Crippen molar-refractivity contribution in [1.82, 2.24) is 14.9 Å². The highest BCUT2D eigenvalue weighted by Gasteiger charge is 2.34. The number of pyridine rings is 2. The van der Waals surface area contributed by atoms with Crippen molar-refractivity contribution in [3.8, 4) is 0 Å². The molecule has 1 fully saturated rings. The van der Waals surface area contributed by atoms with Gasteiger partial charge in [-0.1, -0.05) is 0 Å². The van der Waals surface area contributed by atoms with Crippen molar-refractivity contribution in [2.75, 3.05) is 41.8 Å². The maximum atomic E-state index is 11.1. The van der Waals surface area contributed by atoms with E-state index in [-0.39, 0.29) is 12.0 Å². The second-order valence-corrected chi connectivity index (χ2v) is 7.51. The van der Waals surface area contributed by atoms with Crippen LogP contribution in [0.15, 0.2) is 35.3 Å². The highest BCUT2D eigenvalue weighted by Crippen LogP contribution is 2.37. The van der Waals surface area contributed by atoms with Crippen LogP contribution in [0.4, 0.5) is 30.4 Å². The van der Waals surface area contributed by atoms with Gasteiger partial charge in [-0.05, 0) is 37.6 Å². The number of amides is 2. The quantitative estimate of drug-likeness (QED) is 0.663. The molecule has 2 N–H and O–H groups in total. The summed E-state index contributed by atoms with van der Waals surface area (Å²) in [5, 5.41) is 3.79. The fraction of sp³-hybridized carbons (Fsp3) is 0.429. The lowest BCUT2D eigenvalue weighted by atomic mass is 10.2. The van der Waals surface area contributed by atoms with Crippen molar-refractivity contribution in [2.24, 2.45) is 7.05 Å². The third kappa shape index (κ3) is 7.22. The van der Waals surface area contributed by atoms with E-state index in [2.05, 4.69) is 46.2 Å². The van der Waals surface area contributed by atoms with Crippen LogP contribution in [0.25, 0.3) is 0 Å². The minimum absolute atomic E-state index is 0.00743. The van der Waals surface area contributed by atoms with Crippen LogP contribution in [0.5, 0.6) is 0 Å². The van der Waals surface area contributed by atoms with Gasteiger partial charge in [-0.15, -0.1) is 0 Å². The lowest BCUT2D eigenvalue weighted by molar-refractivity contribution is -0.132. The number of anilines is 3. The van der Waals surface area contributed by atoms with E-state index >= 15 is 0 Å². The van der Waals surface area contributed by atoms with E-state index in [1.807, 2.05) is 0 Å². The zero-order valence-corrected chi connectivity index (χ0v) is 18.6. The number of aromatic nitrogens is 2. The number of alkyl halides is 3. The van der Waals surface area contributed by atoms with Crippen LogP contribution in [0, 0.1) is 6.92 Å². The molecule has 4 rings (SSSR count). The predicted molar refractivity (Wildman–Crippen MR) is 119 cm³/mol. The number of carbonyl (C=O) groups excluding carboxylic acids is 2. The van der Waals surface area contributed by atoms with E-state index in [1.54, 1.807) is 25.4 Å². The third-order valence-corrected chi connectivity index (χ3v) is 5.10. The molecule has 2 aliphatic heterocycles. The molecule has 0 spiro atoms. The summed E-state index contributed by atoms with van der Waals surface area (Å²) in [4.78, 5) is 39.7. The molecule has 180 valence electrons. The van der Waals surface area contributed by atoms with Crippen LogP contribution < -0.4 is 26.0 Å². The summed E-state index contributed by atoms with van der Waals surface area (Å²) in [6.07, 6.45) is -0.907. The number of carbonyl (C=O) groups is 2. The van der Waals surface area contributed by atoms with Gasteiger partial charge in [0.25, 0.3) is 5.56 Å². The van der Waals surface area contributed by atoms with Crippen LogP contribution in [0.1, 0.15) is 12.1 Å². The summed E-state index contributed by atoms with van der Waals surface area (Å²) in [5.74, 6) is 1.17. The molecule has 2 aromatic heterocycles. The zero-order chi connectivity index (χ0) is 24.6. The van der Waals surface area contributed by atoms with Crippen molar-refractivity contribution in [3.05, 3.63) is 46.5 Å². The van der Waals surface area contributed by atoms with Crippen LogP contribution in [0.2, 0.25) is 0 Å². The minimum Gasteiger partial charge on any atom is -0.366 e. The molecule has 0 radical (unpaired) electrons. The van der Waals surface area contributed by atoms with Gasteiger partial charge < -0.3 is 25.0 Å². The molecule has 12 heteroatoms. The van der Waals surface area contributed by atoms with E-state index in [9.17, 15) is 27.6 Å². The summed E-state index contributed by atoms with van der Waals surface area (Å²) >= 11 is 0. The third-order valence-electron chi connectivity index (χ3n) is 5.10. The number of hydrogen-bond acceptors (Lipinski definition) is 6. The fourth-order valence-corrected chi connectivity index (χ4v) is 3.42. The van der Waals surface area contributed by atoms with Crippen molar-refractivity contribution < 1.29 is 22.8 Å². The Hall–Kier alpha value is -3.57. The molecule has 0 aromatic carbocycles. The Morgan fingerprint density at radius 2 is 1.91 bits per heavy atom. The van der Waals surface area contributed by atoms with Crippen molar-refractivity contribution >= 4 is 30.0 Å². The van der Waals surface area contributed by atoms with Gasteiger partial charge in [0.1, 0.15) is 12.2 Å². The molecule has 1 saturated heterocycles. The van der Waals surface area contributed by atoms with Gasteiger partial charge in [0.2, 0.25) is 12.8 Å². The molecular weight excluding hydrogens is 441 g/mol.